The SMILES string of the molecule is NC(=O)C1(CNS(=O)(=O)c2ccc(Cl)cc2)CCOCC1. The zero-order valence-electron chi connectivity index (χ0n) is 11.3. The third-order valence-electron chi connectivity index (χ3n) is 3.70. The zero-order chi connectivity index (χ0) is 15.5. The maximum Gasteiger partial charge on any atom is 0.240 e. The van der Waals surface area contributed by atoms with Gasteiger partial charge >= 0.3 is 0 Å². The van der Waals surface area contributed by atoms with Crippen LogP contribution in [0.2, 0.25) is 5.02 Å². The lowest BCUT2D eigenvalue weighted by Crippen LogP contribution is -2.49. The molecule has 1 aliphatic heterocycles. The lowest BCUT2D eigenvalue weighted by atomic mass is 9.80. The van der Waals surface area contributed by atoms with Crippen molar-refractivity contribution in [2.45, 2.75) is 17.7 Å². The zero-order valence-corrected chi connectivity index (χ0v) is 12.9. The predicted molar refractivity (Wildman–Crippen MR) is 78.3 cm³/mol. The molecule has 0 saturated carbocycles. The molecule has 1 aromatic rings. The number of hydrogen-bond acceptors (Lipinski definition) is 4. The van der Waals surface area contributed by atoms with Crippen molar-refractivity contribution in [2.24, 2.45) is 11.1 Å². The van der Waals surface area contributed by atoms with Crippen molar-refractivity contribution in [3.8, 4) is 0 Å². The van der Waals surface area contributed by atoms with Crippen LogP contribution in [0.25, 0.3) is 0 Å². The fourth-order valence-electron chi connectivity index (χ4n) is 2.20. The monoisotopic (exact) mass is 332 g/mol. The number of nitrogens with two attached hydrogens (primary N) is 1. The molecule has 8 heteroatoms. The van der Waals surface area contributed by atoms with Gasteiger partial charge in [-0.1, -0.05) is 11.6 Å². The average Bonchev–Trinajstić information content (AvgIpc) is 2.46. The Morgan fingerprint density at radius 1 is 1.29 bits per heavy atom. The summed E-state index contributed by atoms with van der Waals surface area (Å²) >= 11 is 5.73. The van der Waals surface area contributed by atoms with Gasteiger partial charge in [0.2, 0.25) is 15.9 Å². The number of benzene rings is 1. The number of primary amides is 1. The fourth-order valence-corrected chi connectivity index (χ4v) is 3.46. The van der Waals surface area contributed by atoms with E-state index in [4.69, 9.17) is 22.1 Å². The summed E-state index contributed by atoms with van der Waals surface area (Å²) in [7, 11) is -3.71. The topological polar surface area (TPSA) is 98.5 Å². The molecule has 1 amide bonds. The normalized spacial score (nSPS) is 18.3. The fraction of sp³-hybridized carbons (Fsp3) is 0.462. The first-order chi connectivity index (χ1) is 9.86. The Bertz CT molecular complexity index is 610. The summed E-state index contributed by atoms with van der Waals surface area (Å²) in [6.45, 7) is 0.758. The van der Waals surface area contributed by atoms with Crippen LogP contribution in [-0.4, -0.2) is 34.1 Å². The summed E-state index contributed by atoms with van der Waals surface area (Å²) in [5.41, 5.74) is 4.55. The van der Waals surface area contributed by atoms with E-state index in [9.17, 15) is 13.2 Å². The summed E-state index contributed by atoms with van der Waals surface area (Å²) in [6.07, 6.45) is 0.816. The van der Waals surface area contributed by atoms with E-state index in [1.54, 1.807) is 0 Å². The Balaban J connectivity index is 2.13. The molecule has 2 rings (SSSR count). The maximum atomic E-state index is 12.2. The molecule has 3 N–H and O–H groups in total. The van der Waals surface area contributed by atoms with Gasteiger partial charge in [-0.05, 0) is 37.1 Å². The van der Waals surface area contributed by atoms with Crippen LogP contribution in [0.4, 0.5) is 0 Å². The Hall–Kier alpha value is -1.15. The van der Waals surface area contributed by atoms with E-state index >= 15 is 0 Å². The second-order valence-corrected chi connectivity index (χ2v) is 7.24. The van der Waals surface area contributed by atoms with Gasteiger partial charge in [0.15, 0.2) is 0 Å². The van der Waals surface area contributed by atoms with E-state index < -0.39 is 21.3 Å². The Labute approximate surface area is 128 Å². The summed E-state index contributed by atoms with van der Waals surface area (Å²) < 4.78 is 32.1. The molecule has 1 aromatic carbocycles. The van der Waals surface area contributed by atoms with Crippen molar-refractivity contribution in [3.63, 3.8) is 0 Å². The first kappa shape index (κ1) is 16.2. The molecule has 0 unspecified atom stereocenters. The summed E-state index contributed by atoms with van der Waals surface area (Å²) in [5, 5.41) is 0.451. The van der Waals surface area contributed by atoms with E-state index in [0.29, 0.717) is 31.1 Å². The van der Waals surface area contributed by atoms with E-state index in [1.165, 1.54) is 24.3 Å². The molecule has 0 spiro atoms. The van der Waals surface area contributed by atoms with Gasteiger partial charge in [0, 0.05) is 24.8 Å². The van der Waals surface area contributed by atoms with Gasteiger partial charge in [-0.3, -0.25) is 4.79 Å². The molecule has 1 heterocycles. The number of carbonyl (C=O) groups excluding carboxylic acids is 1. The van der Waals surface area contributed by atoms with Gasteiger partial charge < -0.3 is 10.5 Å². The number of nitrogens with one attached hydrogen (secondary N) is 1. The van der Waals surface area contributed by atoms with Crippen molar-refractivity contribution < 1.29 is 17.9 Å². The lowest BCUT2D eigenvalue weighted by Gasteiger charge is -2.34. The van der Waals surface area contributed by atoms with E-state index in [2.05, 4.69) is 4.72 Å². The highest BCUT2D eigenvalue weighted by atomic mass is 35.5. The second-order valence-electron chi connectivity index (χ2n) is 5.04. The number of halogens is 1. The molecule has 0 aromatic heterocycles. The summed E-state index contributed by atoms with van der Waals surface area (Å²) in [4.78, 5) is 11.8. The lowest BCUT2D eigenvalue weighted by molar-refractivity contribution is -0.132. The van der Waals surface area contributed by atoms with Gasteiger partial charge in [0.05, 0.1) is 10.3 Å². The maximum absolute atomic E-state index is 12.2. The highest BCUT2D eigenvalue weighted by Gasteiger charge is 2.39. The van der Waals surface area contributed by atoms with Gasteiger partial charge in [-0.2, -0.15) is 0 Å². The van der Waals surface area contributed by atoms with Crippen LogP contribution in [0.5, 0.6) is 0 Å². The average molecular weight is 333 g/mol. The first-order valence-electron chi connectivity index (χ1n) is 6.49. The minimum absolute atomic E-state index is 0.0311. The molecule has 0 radical (unpaired) electrons. The minimum Gasteiger partial charge on any atom is -0.381 e. The van der Waals surface area contributed by atoms with Gasteiger partial charge in [-0.25, -0.2) is 13.1 Å². The number of ether oxygens (including phenoxy) is 1. The number of rotatable bonds is 5. The highest BCUT2D eigenvalue weighted by Crippen LogP contribution is 2.30. The summed E-state index contributed by atoms with van der Waals surface area (Å²) in [6, 6.07) is 5.81. The molecule has 0 aliphatic carbocycles. The molecular formula is C13H17ClN2O4S. The Kier molecular flexibility index (Phi) is 4.88. The van der Waals surface area contributed by atoms with E-state index in [0.717, 1.165) is 0 Å². The third kappa shape index (κ3) is 3.74. The largest absolute Gasteiger partial charge is 0.381 e. The predicted octanol–water partition coefficient (Wildman–Crippen LogP) is 0.900. The Morgan fingerprint density at radius 2 is 1.86 bits per heavy atom. The Morgan fingerprint density at radius 3 is 2.38 bits per heavy atom. The number of amides is 1. The van der Waals surface area contributed by atoms with Crippen LogP contribution in [0.1, 0.15) is 12.8 Å². The van der Waals surface area contributed by atoms with Crippen LogP contribution in [0, 0.1) is 5.41 Å². The van der Waals surface area contributed by atoms with Crippen LogP contribution in [-0.2, 0) is 19.6 Å². The molecule has 1 fully saturated rings. The summed E-state index contributed by atoms with van der Waals surface area (Å²) in [5.74, 6) is -0.510. The van der Waals surface area contributed by atoms with Crippen LogP contribution in [0.3, 0.4) is 0 Å². The van der Waals surface area contributed by atoms with Crippen molar-refractivity contribution in [1.82, 2.24) is 4.72 Å². The highest BCUT2D eigenvalue weighted by molar-refractivity contribution is 7.89. The molecule has 6 nitrogen and oxygen atoms in total. The van der Waals surface area contributed by atoms with E-state index in [1.807, 2.05) is 0 Å². The van der Waals surface area contributed by atoms with Crippen LogP contribution in [0.15, 0.2) is 29.2 Å². The van der Waals surface area contributed by atoms with Gasteiger partial charge in [0.25, 0.3) is 0 Å². The number of carbonyl (C=O) groups is 1. The molecule has 1 saturated heterocycles. The first-order valence-corrected chi connectivity index (χ1v) is 8.35. The molecule has 0 atom stereocenters. The van der Waals surface area contributed by atoms with Crippen LogP contribution >= 0.6 is 11.6 Å². The van der Waals surface area contributed by atoms with Crippen molar-refractivity contribution in [2.75, 3.05) is 19.8 Å². The van der Waals surface area contributed by atoms with Gasteiger partial charge in [-0.15, -0.1) is 0 Å². The number of hydrogen-bond donors (Lipinski definition) is 2. The van der Waals surface area contributed by atoms with Crippen LogP contribution < -0.4 is 10.5 Å². The van der Waals surface area contributed by atoms with Crippen molar-refractivity contribution in [1.29, 1.82) is 0 Å². The van der Waals surface area contributed by atoms with E-state index in [-0.39, 0.29) is 11.4 Å². The standard InChI is InChI=1S/C13H17ClN2O4S/c14-10-1-3-11(4-2-10)21(18,19)16-9-13(12(15)17)5-7-20-8-6-13/h1-4,16H,5-9H2,(H2,15,17). The number of sulfonamides is 1. The quantitative estimate of drug-likeness (QED) is 0.837. The molecule has 21 heavy (non-hydrogen) atoms. The molecular weight excluding hydrogens is 316 g/mol. The molecule has 116 valence electrons. The molecule has 0 bridgehead atoms. The smallest absolute Gasteiger partial charge is 0.240 e. The molecule has 1 aliphatic rings. The van der Waals surface area contributed by atoms with Crippen molar-refractivity contribution >= 4 is 27.5 Å². The second kappa shape index (κ2) is 6.31. The van der Waals surface area contributed by atoms with Crippen molar-refractivity contribution in [3.05, 3.63) is 29.3 Å². The van der Waals surface area contributed by atoms with Gasteiger partial charge in [0.1, 0.15) is 0 Å². The minimum atomic E-state index is -3.71. The third-order valence-corrected chi connectivity index (χ3v) is 5.37.